The van der Waals surface area contributed by atoms with E-state index < -0.39 is 0 Å². The van der Waals surface area contributed by atoms with Crippen molar-refractivity contribution in [2.45, 2.75) is 38.5 Å². The minimum Gasteiger partial charge on any atom is -0.368 e. The summed E-state index contributed by atoms with van der Waals surface area (Å²) < 4.78 is 6.80. The van der Waals surface area contributed by atoms with E-state index in [1.807, 2.05) is 6.07 Å². The molecule has 4 heteroatoms. The second kappa shape index (κ2) is 4.83. The van der Waals surface area contributed by atoms with Gasteiger partial charge in [0.1, 0.15) is 6.10 Å². The van der Waals surface area contributed by atoms with Gasteiger partial charge in [0, 0.05) is 17.5 Å². The molecule has 0 radical (unpaired) electrons. The number of thiophene rings is 1. The number of rotatable bonds is 1. The summed E-state index contributed by atoms with van der Waals surface area (Å²) in [5, 5.41) is 3.47. The molecule has 3 atom stereocenters. The Morgan fingerprint density at radius 3 is 2.93 bits per heavy atom. The monoisotopic (exact) mass is 245 g/mol. The van der Waals surface area contributed by atoms with Crippen LogP contribution in [0.4, 0.5) is 0 Å². The van der Waals surface area contributed by atoms with Crippen molar-refractivity contribution in [2.75, 3.05) is 6.54 Å². The minimum absolute atomic E-state index is 0.155. The van der Waals surface area contributed by atoms with Crippen molar-refractivity contribution in [3.05, 3.63) is 21.3 Å². The molecule has 1 fully saturated rings. The van der Waals surface area contributed by atoms with Gasteiger partial charge in [-0.3, -0.25) is 0 Å². The van der Waals surface area contributed by atoms with Gasteiger partial charge in [0.05, 0.1) is 10.4 Å². The van der Waals surface area contributed by atoms with Crippen LogP contribution in [0, 0.1) is 0 Å². The first kappa shape index (κ1) is 11.4. The van der Waals surface area contributed by atoms with Crippen LogP contribution in [-0.2, 0) is 4.74 Å². The fourth-order valence-electron chi connectivity index (χ4n) is 1.94. The molecule has 2 rings (SSSR count). The average Bonchev–Trinajstić information content (AvgIpc) is 2.51. The summed E-state index contributed by atoms with van der Waals surface area (Å²) in [6.07, 6.45) is 1.53. The van der Waals surface area contributed by atoms with Crippen molar-refractivity contribution in [1.82, 2.24) is 5.32 Å². The van der Waals surface area contributed by atoms with E-state index in [2.05, 4.69) is 25.2 Å². The molecule has 1 N–H and O–H groups in total. The summed E-state index contributed by atoms with van der Waals surface area (Å²) >= 11 is 7.54. The zero-order valence-corrected chi connectivity index (χ0v) is 10.6. The molecule has 2 heterocycles. The Morgan fingerprint density at radius 2 is 2.27 bits per heavy atom. The van der Waals surface area contributed by atoms with Gasteiger partial charge in [-0.15, -0.1) is 11.3 Å². The normalized spacial score (nSPS) is 32.6. The molecule has 0 aliphatic carbocycles. The molecule has 84 valence electrons. The van der Waals surface area contributed by atoms with Gasteiger partial charge in [-0.2, -0.15) is 0 Å². The highest BCUT2D eigenvalue weighted by Gasteiger charge is 2.23. The topological polar surface area (TPSA) is 21.3 Å². The summed E-state index contributed by atoms with van der Waals surface area (Å²) in [4.78, 5) is 1.22. The van der Waals surface area contributed by atoms with Gasteiger partial charge in [-0.05, 0) is 32.4 Å². The van der Waals surface area contributed by atoms with E-state index in [4.69, 9.17) is 16.3 Å². The smallest absolute Gasteiger partial charge is 0.104 e. The van der Waals surface area contributed by atoms with E-state index in [1.165, 1.54) is 4.88 Å². The molecule has 1 aromatic rings. The molecule has 0 saturated carbocycles. The summed E-state index contributed by atoms with van der Waals surface area (Å²) in [5.41, 5.74) is 0. The third-order valence-electron chi connectivity index (χ3n) is 2.65. The predicted octanol–water partition coefficient (Wildman–Crippen LogP) is 3.23. The fraction of sp³-hybridized carbons (Fsp3) is 0.636. The molecular formula is C11H16ClNOS. The Balaban J connectivity index is 2.09. The largest absolute Gasteiger partial charge is 0.368 e. The summed E-state index contributed by atoms with van der Waals surface area (Å²) in [6.45, 7) is 5.21. The van der Waals surface area contributed by atoms with Crippen LogP contribution in [0.1, 0.15) is 31.2 Å². The average molecular weight is 246 g/mol. The van der Waals surface area contributed by atoms with Crippen LogP contribution in [-0.4, -0.2) is 18.7 Å². The van der Waals surface area contributed by atoms with E-state index in [9.17, 15) is 0 Å². The second-order valence-corrected chi connectivity index (χ2v) is 5.87. The number of hydrogen-bond donors (Lipinski definition) is 1. The number of nitrogens with one attached hydrogen (secondary N) is 1. The number of halogens is 1. The van der Waals surface area contributed by atoms with Crippen molar-refractivity contribution in [2.24, 2.45) is 0 Å². The van der Waals surface area contributed by atoms with Crippen LogP contribution in [0.25, 0.3) is 0 Å². The molecule has 15 heavy (non-hydrogen) atoms. The van der Waals surface area contributed by atoms with Gasteiger partial charge in [0.25, 0.3) is 0 Å². The molecule has 1 aromatic heterocycles. The minimum atomic E-state index is 0.155. The molecule has 0 spiro atoms. The maximum atomic E-state index is 5.97. The molecule has 1 saturated heterocycles. The predicted molar refractivity (Wildman–Crippen MR) is 64.7 cm³/mol. The van der Waals surface area contributed by atoms with Crippen LogP contribution in [0.5, 0.6) is 0 Å². The number of hydrogen-bond acceptors (Lipinski definition) is 3. The van der Waals surface area contributed by atoms with Crippen molar-refractivity contribution in [1.29, 1.82) is 0 Å². The second-order valence-electron chi connectivity index (χ2n) is 4.12. The first-order valence-corrected chi connectivity index (χ1v) is 6.48. The molecule has 1 aliphatic rings. The first-order valence-electron chi connectivity index (χ1n) is 5.29. The van der Waals surface area contributed by atoms with E-state index >= 15 is 0 Å². The highest BCUT2D eigenvalue weighted by Crippen LogP contribution is 2.31. The Morgan fingerprint density at radius 1 is 1.47 bits per heavy atom. The third kappa shape index (κ3) is 2.94. The van der Waals surface area contributed by atoms with Gasteiger partial charge in [-0.25, -0.2) is 0 Å². The fourth-order valence-corrected chi connectivity index (χ4v) is 3.04. The molecule has 0 amide bonds. The standard InChI is InChI=1S/C11H16ClNOS/c1-7-5-8(2)14-9(6-13-7)10-3-4-11(12)15-10/h3-4,7-9,13H,5-6H2,1-2H3. The van der Waals surface area contributed by atoms with Crippen molar-refractivity contribution in [3.8, 4) is 0 Å². The zero-order valence-electron chi connectivity index (χ0n) is 9.00. The van der Waals surface area contributed by atoms with Crippen LogP contribution >= 0.6 is 22.9 Å². The van der Waals surface area contributed by atoms with Crippen LogP contribution < -0.4 is 5.32 Å². The quantitative estimate of drug-likeness (QED) is 0.820. The summed E-state index contributed by atoms with van der Waals surface area (Å²) in [7, 11) is 0. The van der Waals surface area contributed by atoms with Gasteiger partial charge in [-0.1, -0.05) is 11.6 Å². The molecule has 0 bridgehead atoms. The van der Waals surface area contributed by atoms with Gasteiger partial charge >= 0.3 is 0 Å². The number of ether oxygens (including phenoxy) is 1. The molecule has 2 nitrogen and oxygen atoms in total. The van der Waals surface area contributed by atoms with Gasteiger partial charge < -0.3 is 10.1 Å². The van der Waals surface area contributed by atoms with Gasteiger partial charge in [0.15, 0.2) is 0 Å². The lowest BCUT2D eigenvalue weighted by atomic mass is 10.2. The lowest BCUT2D eigenvalue weighted by molar-refractivity contribution is 0.00912. The molecule has 3 unspecified atom stereocenters. The zero-order chi connectivity index (χ0) is 10.8. The van der Waals surface area contributed by atoms with E-state index in [0.717, 1.165) is 17.3 Å². The van der Waals surface area contributed by atoms with Crippen LogP contribution in [0.2, 0.25) is 4.34 Å². The summed E-state index contributed by atoms with van der Waals surface area (Å²) in [6, 6.07) is 4.52. The maximum absolute atomic E-state index is 5.97. The van der Waals surface area contributed by atoms with Crippen LogP contribution in [0.15, 0.2) is 12.1 Å². The Kier molecular flexibility index (Phi) is 3.67. The Labute approximate surface area is 99.6 Å². The lowest BCUT2D eigenvalue weighted by Crippen LogP contribution is -2.27. The van der Waals surface area contributed by atoms with Crippen molar-refractivity contribution in [3.63, 3.8) is 0 Å². The third-order valence-corrected chi connectivity index (χ3v) is 3.97. The Hall–Kier alpha value is -0.0900. The molecule has 1 aliphatic heterocycles. The van der Waals surface area contributed by atoms with E-state index in [1.54, 1.807) is 11.3 Å². The highest BCUT2D eigenvalue weighted by atomic mass is 35.5. The van der Waals surface area contributed by atoms with E-state index in [-0.39, 0.29) is 6.10 Å². The molecule has 0 aromatic carbocycles. The lowest BCUT2D eigenvalue weighted by Gasteiger charge is -2.16. The highest BCUT2D eigenvalue weighted by molar-refractivity contribution is 7.16. The maximum Gasteiger partial charge on any atom is 0.104 e. The first-order chi connectivity index (χ1) is 7.15. The molecular weight excluding hydrogens is 230 g/mol. The summed E-state index contributed by atoms with van der Waals surface area (Å²) in [5.74, 6) is 0. The Bertz CT molecular complexity index is 328. The van der Waals surface area contributed by atoms with Crippen LogP contribution in [0.3, 0.4) is 0 Å². The SMILES string of the molecule is CC1CC(C)OC(c2ccc(Cl)s2)CN1. The van der Waals surface area contributed by atoms with E-state index in [0.29, 0.717) is 12.1 Å². The van der Waals surface area contributed by atoms with Crippen molar-refractivity contribution < 1.29 is 4.74 Å². The van der Waals surface area contributed by atoms with Crippen molar-refractivity contribution >= 4 is 22.9 Å². The van der Waals surface area contributed by atoms with Gasteiger partial charge in [0.2, 0.25) is 0 Å².